The van der Waals surface area contributed by atoms with E-state index in [9.17, 15) is 0 Å². The summed E-state index contributed by atoms with van der Waals surface area (Å²) in [6.07, 6.45) is 3.79. The van der Waals surface area contributed by atoms with Crippen LogP contribution in [0.1, 0.15) is 36.7 Å². The van der Waals surface area contributed by atoms with Gasteiger partial charge < -0.3 is 9.30 Å². The largest absolute Gasteiger partial charge is 0.495 e. The normalized spacial score (nSPS) is 10.5. The molecule has 2 rings (SSSR count). The summed E-state index contributed by atoms with van der Waals surface area (Å²) in [5, 5.41) is 8.97. The highest BCUT2D eigenvalue weighted by Gasteiger charge is 2.09. The lowest BCUT2D eigenvalue weighted by atomic mass is 10.1. The number of imidazole rings is 1. The lowest BCUT2D eigenvalue weighted by Crippen LogP contribution is -2.06. The summed E-state index contributed by atoms with van der Waals surface area (Å²) >= 11 is 0. The van der Waals surface area contributed by atoms with E-state index in [0.717, 1.165) is 17.9 Å². The zero-order valence-electron chi connectivity index (χ0n) is 11.4. The van der Waals surface area contributed by atoms with Gasteiger partial charge in [-0.05, 0) is 17.7 Å². The molecule has 0 atom stereocenters. The van der Waals surface area contributed by atoms with E-state index in [2.05, 4.69) is 29.5 Å². The lowest BCUT2D eigenvalue weighted by molar-refractivity contribution is 0.412. The molecule has 0 N–H and O–H groups in total. The maximum absolute atomic E-state index is 8.97. The van der Waals surface area contributed by atoms with Gasteiger partial charge in [0.15, 0.2) is 0 Å². The lowest BCUT2D eigenvalue weighted by Gasteiger charge is -2.11. The van der Waals surface area contributed by atoms with E-state index in [-0.39, 0.29) is 0 Å². The van der Waals surface area contributed by atoms with Gasteiger partial charge in [-0.1, -0.05) is 19.9 Å². The van der Waals surface area contributed by atoms with Crippen molar-refractivity contribution in [2.45, 2.75) is 26.3 Å². The number of methoxy groups -OCH3 is 1. The predicted octanol–water partition coefficient (Wildman–Crippen LogP) is 2.94. The minimum absolute atomic E-state index is 0.385. The number of aromatic nitrogens is 2. The number of benzene rings is 1. The summed E-state index contributed by atoms with van der Waals surface area (Å²) < 4.78 is 7.34. The van der Waals surface area contributed by atoms with E-state index >= 15 is 0 Å². The van der Waals surface area contributed by atoms with Gasteiger partial charge in [0.1, 0.15) is 17.6 Å². The molecule has 1 aromatic carbocycles. The Morgan fingerprint density at radius 2 is 2.21 bits per heavy atom. The third kappa shape index (κ3) is 2.76. The van der Waals surface area contributed by atoms with Gasteiger partial charge in [-0.25, -0.2) is 4.98 Å². The quantitative estimate of drug-likeness (QED) is 0.844. The van der Waals surface area contributed by atoms with Crippen LogP contribution in [-0.4, -0.2) is 16.7 Å². The van der Waals surface area contributed by atoms with Crippen LogP contribution in [0.3, 0.4) is 0 Å². The van der Waals surface area contributed by atoms with Gasteiger partial charge in [0.25, 0.3) is 0 Å². The van der Waals surface area contributed by atoms with Crippen LogP contribution in [0.2, 0.25) is 0 Å². The Kier molecular flexibility index (Phi) is 3.86. The van der Waals surface area contributed by atoms with Crippen LogP contribution in [0.25, 0.3) is 0 Å². The molecule has 0 bridgehead atoms. The zero-order chi connectivity index (χ0) is 13.8. The van der Waals surface area contributed by atoms with Gasteiger partial charge in [0, 0.05) is 24.9 Å². The molecule has 1 heterocycles. The molecule has 0 unspecified atom stereocenters. The van der Waals surface area contributed by atoms with Crippen LogP contribution in [0.15, 0.2) is 30.6 Å². The smallest absolute Gasteiger partial charge is 0.136 e. The van der Waals surface area contributed by atoms with E-state index < -0.39 is 0 Å². The maximum atomic E-state index is 8.97. The van der Waals surface area contributed by atoms with Crippen molar-refractivity contribution in [3.05, 3.63) is 47.5 Å². The first-order valence-electron chi connectivity index (χ1n) is 6.23. The first kappa shape index (κ1) is 13.2. The Morgan fingerprint density at radius 3 is 2.84 bits per heavy atom. The molecule has 19 heavy (non-hydrogen) atoms. The molecule has 0 saturated carbocycles. The second-order valence-corrected chi connectivity index (χ2v) is 4.71. The summed E-state index contributed by atoms with van der Waals surface area (Å²) in [5.41, 5.74) is 1.65. The molecule has 0 amide bonds. The second kappa shape index (κ2) is 5.57. The molecule has 0 aliphatic rings. The third-order valence-electron chi connectivity index (χ3n) is 3.00. The summed E-state index contributed by atoms with van der Waals surface area (Å²) in [6.45, 7) is 4.98. The molecule has 0 saturated heterocycles. The molecule has 0 spiro atoms. The van der Waals surface area contributed by atoms with Crippen LogP contribution in [0.4, 0.5) is 0 Å². The fourth-order valence-corrected chi connectivity index (χ4v) is 2.08. The molecule has 0 radical (unpaired) electrons. The van der Waals surface area contributed by atoms with Crippen molar-refractivity contribution in [2.75, 3.05) is 7.11 Å². The van der Waals surface area contributed by atoms with E-state index in [4.69, 9.17) is 10.00 Å². The van der Waals surface area contributed by atoms with Crippen molar-refractivity contribution < 1.29 is 4.74 Å². The highest BCUT2D eigenvalue weighted by Crippen LogP contribution is 2.21. The number of ether oxygens (including phenoxy) is 1. The van der Waals surface area contributed by atoms with Crippen molar-refractivity contribution in [1.29, 1.82) is 5.26 Å². The Bertz CT molecular complexity index is 608. The average molecular weight is 255 g/mol. The summed E-state index contributed by atoms with van der Waals surface area (Å²) in [5.74, 6) is 2.06. The predicted molar refractivity (Wildman–Crippen MR) is 73.1 cm³/mol. The molecule has 2 aromatic rings. The summed E-state index contributed by atoms with van der Waals surface area (Å²) in [7, 11) is 1.58. The molecule has 0 fully saturated rings. The number of hydrogen-bond acceptors (Lipinski definition) is 3. The van der Waals surface area contributed by atoms with E-state index in [0.29, 0.717) is 17.2 Å². The van der Waals surface area contributed by atoms with Crippen molar-refractivity contribution in [2.24, 2.45) is 0 Å². The number of nitrogens with zero attached hydrogens (tertiary/aromatic N) is 3. The van der Waals surface area contributed by atoms with Crippen LogP contribution in [0, 0.1) is 11.3 Å². The van der Waals surface area contributed by atoms with Crippen LogP contribution in [0.5, 0.6) is 5.75 Å². The van der Waals surface area contributed by atoms with Crippen molar-refractivity contribution in [3.8, 4) is 11.8 Å². The fraction of sp³-hybridized carbons (Fsp3) is 0.333. The molecule has 4 heteroatoms. The van der Waals surface area contributed by atoms with E-state index in [1.807, 2.05) is 24.5 Å². The Labute approximate surface area is 113 Å². The highest BCUT2D eigenvalue weighted by atomic mass is 16.5. The van der Waals surface area contributed by atoms with Crippen LogP contribution < -0.4 is 4.74 Å². The first-order valence-corrected chi connectivity index (χ1v) is 6.23. The van der Waals surface area contributed by atoms with E-state index in [1.165, 1.54) is 0 Å². The standard InChI is InChI=1S/C15H17N3O/c1-11(2)15-17-6-7-18(15)10-12-4-5-13(9-16)14(8-12)19-3/h4-8,11H,10H2,1-3H3. The number of rotatable bonds is 4. The van der Waals surface area contributed by atoms with Gasteiger partial charge in [0.05, 0.1) is 12.7 Å². The maximum Gasteiger partial charge on any atom is 0.136 e. The molecular formula is C15H17N3O. The van der Waals surface area contributed by atoms with Gasteiger partial charge >= 0.3 is 0 Å². The third-order valence-corrected chi connectivity index (χ3v) is 3.00. The van der Waals surface area contributed by atoms with Crippen molar-refractivity contribution in [1.82, 2.24) is 9.55 Å². The van der Waals surface area contributed by atoms with Crippen molar-refractivity contribution >= 4 is 0 Å². The van der Waals surface area contributed by atoms with Gasteiger partial charge in [0.2, 0.25) is 0 Å². The fourth-order valence-electron chi connectivity index (χ4n) is 2.08. The molecule has 98 valence electrons. The Balaban J connectivity index is 2.29. The SMILES string of the molecule is COc1cc(Cn2ccnc2C(C)C)ccc1C#N. The van der Waals surface area contributed by atoms with Gasteiger partial charge in [-0.3, -0.25) is 0 Å². The van der Waals surface area contributed by atoms with Crippen molar-refractivity contribution in [3.63, 3.8) is 0 Å². The van der Waals surface area contributed by atoms with Gasteiger partial charge in [-0.2, -0.15) is 5.26 Å². The summed E-state index contributed by atoms with van der Waals surface area (Å²) in [4.78, 5) is 4.37. The zero-order valence-corrected chi connectivity index (χ0v) is 11.4. The van der Waals surface area contributed by atoms with Crippen LogP contribution >= 0.6 is 0 Å². The molecule has 0 aliphatic carbocycles. The van der Waals surface area contributed by atoms with E-state index in [1.54, 1.807) is 13.2 Å². The average Bonchev–Trinajstić information content (AvgIpc) is 2.87. The topological polar surface area (TPSA) is 50.8 Å². The molecule has 1 aromatic heterocycles. The molecular weight excluding hydrogens is 238 g/mol. The monoisotopic (exact) mass is 255 g/mol. The summed E-state index contributed by atoms with van der Waals surface area (Å²) in [6, 6.07) is 7.76. The van der Waals surface area contributed by atoms with Gasteiger partial charge in [-0.15, -0.1) is 0 Å². The first-order chi connectivity index (χ1) is 9.15. The van der Waals surface area contributed by atoms with Crippen LogP contribution in [-0.2, 0) is 6.54 Å². The minimum Gasteiger partial charge on any atom is -0.495 e. The number of hydrogen-bond donors (Lipinski definition) is 0. The highest BCUT2D eigenvalue weighted by molar-refractivity contribution is 5.45. The minimum atomic E-state index is 0.385. The Hall–Kier alpha value is -2.28. The Morgan fingerprint density at radius 1 is 1.42 bits per heavy atom. The molecule has 4 nitrogen and oxygen atoms in total. The second-order valence-electron chi connectivity index (χ2n) is 4.71. The number of nitriles is 1. The molecule has 0 aliphatic heterocycles.